The first kappa shape index (κ1) is 72.5. The molecule has 0 unspecified atom stereocenters. The van der Waals surface area contributed by atoms with E-state index in [1.54, 1.807) is 48.6 Å². The summed E-state index contributed by atoms with van der Waals surface area (Å²) in [6, 6.07) is 27.2. The SMILES string of the molecule is O.O.O.O.O.O.O=S(=O)([O-])c1ccc(-c2c3nc(c(-c4ccc(S(=O)(=O)[O-])cc4)c4ccc([n-]4)c(-c4ccc(S(=O)(=O)[O-])cc4)c4nc(c(-c5ccc(S(=O)(=O)[O-])cc5)c5ccc2[n-]5)C=C4)C=C3)cc1.[Co+3].[Na+].[Na+].[Na+]. The fourth-order valence-electron chi connectivity index (χ4n) is 7.42. The van der Waals surface area contributed by atoms with Crippen LogP contribution in [0.15, 0.2) is 141 Å². The van der Waals surface area contributed by atoms with Crippen molar-refractivity contribution in [2.75, 3.05) is 0 Å². The van der Waals surface area contributed by atoms with Gasteiger partial charge in [0, 0.05) is 0 Å². The molecule has 2 aliphatic rings. The summed E-state index contributed by atoms with van der Waals surface area (Å²) in [7, 11) is -19.3. The van der Waals surface area contributed by atoms with Crippen molar-refractivity contribution in [2.24, 2.45) is 0 Å². The molecule has 30 heteroatoms. The van der Waals surface area contributed by atoms with E-state index in [1.807, 2.05) is 0 Å². The maximum atomic E-state index is 11.9. The summed E-state index contributed by atoms with van der Waals surface area (Å²) in [5.74, 6) is 0. The molecule has 0 fully saturated rings. The van der Waals surface area contributed by atoms with Crippen LogP contribution < -0.4 is 98.6 Å². The maximum Gasteiger partial charge on any atom is 3.00 e. The van der Waals surface area contributed by atoms with Crippen LogP contribution >= 0.6 is 0 Å². The molecule has 3 aromatic heterocycles. The van der Waals surface area contributed by atoms with Gasteiger partial charge >= 0.3 is 105 Å². The van der Waals surface area contributed by atoms with Crippen molar-refractivity contribution in [3.63, 3.8) is 0 Å². The van der Waals surface area contributed by atoms with Gasteiger partial charge in [-0.2, -0.15) is 0 Å². The van der Waals surface area contributed by atoms with E-state index < -0.39 is 60.1 Å². The van der Waals surface area contributed by atoms with Gasteiger partial charge in [-0.1, -0.05) is 72.8 Å². The van der Waals surface area contributed by atoms with Gasteiger partial charge in [0.25, 0.3) is 0 Å². The first-order valence-electron chi connectivity index (χ1n) is 18.5. The monoisotopic (exact) mass is 1160 g/mol. The van der Waals surface area contributed by atoms with Gasteiger partial charge in [-0.15, -0.1) is 22.1 Å². The Morgan fingerprint density at radius 3 is 0.608 bits per heavy atom. The minimum Gasteiger partial charge on any atom is -0.744 e. The van der Waals surface area contributed by atoms with Crippen LogP contribution in [-0.2, 0) is 57.3 Å². The first-order valence-corrected chi connectivity index (χ1v) is 24.2. The summed E-state index contributed by atoms with van der Waals surface area (Å²) in [5.41, 5.74) is 5.63. The van der Waals surface area contributed by atoms with Gasteiger partial charge in [0.1, 0.15) is 40.5 Å². The number of aromatic nitrogens is 4. The number of benzene rings is 4. The van der Waals surface area contributed by atoms with Crippen LogP contribution in [0.4, 0.5) is 0 Å². The van der Waals surface area contributed by atoms with Gasteiger partial charge in [-0.3, -0.25) is 0 Å². The summed E-state index contributed by atoms with van der Waals surface area (Å²) in [4.78, 5) is 18.0. The van der Waals surface area contributed by atoms with Crippen molar-refractivity contribution in [1.29, 1.82) is 0 Å². The molecule has 74 heavy (non-hydrogen) atoms. The van der Waals surface area contributed by atoms with E-state index in [0.717, 1.165) is 48.5 Å². The second kappa shape index (κ2) is 27.6. The van der Waals surface area contributed by atoms with Gasteiger partial charge in [0.05, 0.1) is 42.4 Å². The first-order chi connectivity index (χ1) is 30.2. The van der Waals surface area contributed by atoms with Gasteiger partial charge in [-0.25, -0.2) is 43.6 Å². The average molecular weight is 1160 g/mol. The summed E-state index contributed by atoms with van der Waals surface area (Å²) >= 11 is 0. The average Bonchev–Trinajstić information content (AvgIpc) is 4.08. The van der Waals surface area contributed by atoms with Crippen molar-refractivity contribution in [2.45, 2.75) is 19.6 Å². The van der Waals surface area contributed by atoms with Gasteiger partial charge in [0.2, 0.25) is 0 Å². The largest absolute Gasteiger partial charge is 3.00 e. The minimum atomic E-state index is -4.82. The van der Waals surface area contributed by atoms with Crippen molar-refractivity contribution in [1.82, 2.24) is 19.9 Å². The maximum absolute atomic E-state index is 11.9. The number of rotatable bonds is 8. The van der Waals surface area contributed by atoms with Crippen LogP contribution in [0.1, 0.15) is 22.8 Å². The Morgan fingerprint density at radius 1 is 0.297 bits per heavy atom. The van der Waals surface area contributed by atoms with Crippen LogP contribution in [-0.4, -0.2) is 94.7 Å². The number of fused-ring (bicyclic) bond motifs is 8. The number of hydrogen-bond donors (Lipinski definition) is 0. The quantitative estimate of drug-likeness (QED) is 0.101. The fourth-order valence-corrected chi connectivity index (χ4v) is 9.30. The van der Waals surface area contributed by atoms with Gasteiger partial charge in [0.15, 0.2) is 0 Å². The van der Waals surface area contributed by atoms with Crippen LogP contribution in [0, 0.1) is 0 Å². The van der Waals surface area contributed by atoms with Crippen molar-refractivity contribution in [3.8, 4) is 44.5 Å². The molecule has 4 aromatic carbocycles. The molecule has 0 spiro atoms. The third-order valence-corrected chi connectivity index (χ3v) is 13.7. The van der Waals surface area contributed by atoms with Gasteiger partial charge < -0.3 is 61.0 Å². The summed E-state index contributed by atoms with van der Waals surface area (Å²) < 4.78 is 143. The Bertz CT molecular complexity index is 3330. The Kier molecular flexibility index (Phi) is 27.0. The molecule has 12 N–H and O–H groups in total. The predicted octanol–water partition coefficient (Wildman–Crippen LogP) is -7.74. The van der Waals surface area contributed by atoms with E-state index in [1.165, 1.54) is 48.5 Å². The Hall–Kier alpha value is -3.61. The third kappa shape index (κ3) is 14.9. The summed E-state index contributed by atoms with van der Waals surface area (Å²) in [6.45, 7) is 0. The molecule has 376 valence electrons. The van der Waals surface area contributed by atoms with E-state index >= 15 is 0 Å². The minimum absolute atomic E-state index is 0. The molecular weight excluding hydrogens is 1130 g/mol. The fraction of sp³-hybridized carbons (Fsp3) is 0. The Labute approximate surface area is 499 Å². The zero-order chi connectivity index (χ0) is 45.3. The molecule has 9 rings (SSSR count). The molecule has 0 amide bonds. The van der Waals surface area contributed by atoms with Gasteiger partial charge in [-0.05, 0) is 117 Å². The Morgan fingerprint density at radius 2 is 0.459 bits per heavy atom. The van der Waals surface area contributed by atoms with E-state index in [9.17, 15) is 51.9 Å². The second-order valence-corrected chi connectivity index (χ2v) is 19.8. The predicted molar refractivity (Wildman–Crippen MR) is 252 cm³/mol. The molecule has 7 aromatic rings. The topological polar surface area (TPSA) is 472 Å². The van der Waals surface area contributed by atoms with Crippen LogP contribution in [0.25, 0.3) is 90.9 Å². The molecule has 2 aliphatic heterocycles. The molecule has 0 atom stereocenters. The third-order valence-electron chi connectivity index (χ3n) is 10.3. The van der Waals surface area contributed by atoms with Crippen molar-refractivity contribution < 1.29 is 190 Å². The Balaban J connectivity index is 0. The zero-order valence-electron chi connectivity index (χ0n) is 38.5. The molecule has 5 heterocycles. The second-order valence-electron chi connectivity index (χ2n) is 14.3. The van der Waals surface area contributed by atoms with Crippen molar-refractivity contribution >= 4 is 86.8 Å². The van der Waals surface area contributed by atoms with Crippen LogP contribution in [0.3, 0.4) is 0 Å². The van der Waals surface area contributed by atoms with E-state index in [2.05, 4.69) is 0 Å². The van der Waals surface area contributed by atoms with Crippen LogP contribution in [0.5, 0.6) is 0 Å². The van der Waals surface area contributed by atoms with E-state index in [-0.39, 0.29) is 138 Å². The zero-order valence-corrected chi connectivity index (χ0v) is 48.8. The van der Waals surface area contributed by atoms with Crippen molar-refractivity contribution in [3.05, 3.63) is 144 Å². The molecular formula is C44H36CoN4Na3O18S4. The molecule has 8 bridgehead atoms. The van der Waals surface area contributed by atoms with E-state index in [4.69, 9.17) is 19.9 Å². The normalized spacial score (nSPS) is 11.3. The molecule has 0 aliphatic carbocycles. The van der Waals surface area contributed by atoms with E-state index in [0.29, 0.717) is 89.4 Å². The van der Waals surface area contributed by atoms with Crippen LogP contribution in [0.2, 0.25) is 0 Å². The molecule has 0 saturated carbocycles. The summed E-state index contributed by atoms with van der Waals surface area (Å²) in [5, 5.41) is 0. The number of nitrogens with zero attached hydrogens (tertiary/aromatic N) is 4. The standard InChI is InChI=1S/C44H28N4O12S4.Co.3Na.6H2O/c49-61(50,51)29-9-1-25(2-10-29)41-33-17-19-35(45-33)42(26-3-11-30(12-4-26)62(52,53)54)37-21-23-39(47-37)44(28-7-15-32(16-8-28)64(58,59)60)40-24-22-38(48-40)43(36-20-18-34(41)46-36)27-5-13-31(14-6-27)63(55,56)57;;;;;;;;;;/h1-24H,(H,49,50,51)(H,52,53,54)(H,55,56,57)(H,58,59,60);;;;;6*1H2/q-2;+3;3*+1;;;;;;/p-4. The summed E-state index contributed by atoms with van der Waals surface area (Å²) in [6.07, 6.45) is 6.65. The molecule has 0 saturated heterocycles. The molecule has 22 nitrogen and oxygen atoms in total. The number of hydrogen-bond acceptors (Lipinski definition) is 14. The smallest absolute Gasteiger partial charge is 0.744 e. The molecule has 0 radical (unpaired) electrons.